The number of esters is 1. The second-order valence-electron chi connectivity index (χ2n) is 3.47. The molecule has 0 saturated heterocycles. The Morgan fingerprint density at radius 3 is 2.53 bits per heavy atom. The van der Waals surface area contributed by atoms with E-state index in [9.17, 15) is 9.59 Å². The van der Waals surface area contributed by atoms with Gasteiger partial charge in [-0.05, 0) is 13.3 Å². The Labute approximate surface area is 90.2 Å². The van der Waals surface area contributed by atoms with E-state index in [1.807, 2.05) is 6.92 Å². The summed E-state index contributed by atoms with van der Waals surface area (Å²) in [7, 11) is 1.53. The van der Waals surface area contributed by atoms with Gasteiger partial charge in [0.15, 0.2) is 0 Å². The van der Waals surface area contributed by atoms with Gasteiger partial charge in [0.05, 0.1) is 13.0 Å². The molecule has 0 N–H and O–H groups in total. The van der Waals surface area contributed by atoms with E-state index in [0.717, 1.165) is 11.9 Å². The van der Waals surface area contributed by atoms with E-state index in [0.29, 0.717) is 13.0 Å². The van der Waals surface area contributed by atoms with Crippen molar-refractivity contribution in [2.24, 2.45) is 5.92 Å². The first-order chi connectivity index (χ1) is 7.10. The molecule has 0 rings (SSSR count). The minimum Gasteiger partial charge on any atom is -0.463 e. The third-order valence-electron chi connectivity index (χ3n) is 1.78. The van der Waals surface area contributed by atoms with Crippen LogP contribution in [0.25, 0.3) is 0 Å². The first-order valence-electron chi connectivity index (χ1n) is 4.84. The van der Waals surface area contributed by atoms with Crippen LogP contribution in [0.3, 0.4) is 0 Å². The van der Waals surface area contributed by atoms with E-state index < -0.39 is 0 Å². The summed E-state index contributed by atoms with van der Waals surface area (Å²) >= 11 is 0. The van der Waals surface area contributed by atoms with Crippen LogP contribution >= 0.6 is 0 Å². The van der Waals surface area contributed by atoms with Gasteiger partial charge in [0.2, 0.25) is 0 Å². The molecule has 0 radical (unpaired) electrons. The van der Waals surface area contributed by atoms with Crippen molar-refractivity contribution in [3.05, 3.63) is 12.2 Å². The van der Waals surface area contributed by atoms with Crippen LogP contribution in [0.1, 0.15) is 19.8 Å². The zero-order chi connectivity index (χ0) is 11.7. The molecule has 0 aromatic rings. The van der Waals surface area contributed by atoms with Crippen LogP contribution in [-0.4, -0.2) is 32.6 Å². The zero-order valence-electron chi connectivity index (χ0n) is 9.32. The smallest absolute Gasteiger partial charge is 0.306 e. The maximum absolute atomic E-state index is 11.2. The van der Waals surface area contributed by atoms with E-state index in [-0.39, 0.29) is 24.9 Å². The molecular formula is C11H18O4. The topological polar surface area (TPSA) is 52.6 Å². The van der Waals surface area contributed by atoms with Gasteiger partial charge >= 0.3 is 5.97 Å². The van der Waals surface area contributed by atoms with Gasteiger partial charge in [-0.2, -0.15) is 0 Å². The summed E-state index contributed by atoms with van der Waals surface area (Å²) in [6, 6.07) is 0. The van der Waals surface area contributed by atoms with Gasteiger partial charge in [-0.15, -0.1) is 6.58 Å². The molecule has 1 atom stereocenters. The van der Waals surface area contributed by atoms with Crippen LogP contribution in [0.15, 0.2) is 12.2 Å². The van der Waals surface area contributed by atoms with E-state index in [4.69, 9.17) is 9.47 Å². The Morgan fingerprint density at radius 1 is 1.40 bits per heavy atom. The highest BCUT2D eigenvalue weighted by atomic mass is 16.6. The first kappa shape index (κ1) is 13.8. The van der Waals surface area contributed by atoms with Gasteiger partial charge in [-0.3, -0.25) is 4.79 Å². The quantitative estimate of drug-likeness (QED) is 0.265. The van der Waals surface area contributed by atoms with Crippen molar-refractivity contribution in [1.82, 2.24) is 0 Å². The Balaban J connectivity index is 3.80. The van der Waals surface area contributed by atoms with Crippen LogP contribution in [0.4, 0.5) is 0 Å². The minimum absolute atomic E-state index is 0.111. The fraction of sp³-hybridized carbons (Fsp3) is 0.636. The zero-order valence-corrected chi connectivity index (χ0v) is 9.32. The van der Waals surface area contributed by atoms with Crippen molar-refractivity contribution in [2.75, 3.05) is 20.3 Å². The van der Waals surface area contributed by atoms with Gasteiger partial charge in [0, 0.05) is 13.0 Å². The predicted molar refractivity (Wildman–Crippen MR) is 56.4 cm³/mol. The van der Waals surface area contributed by atoms with Crippen molar-refractivity contribution in [3.8, 4) is 0 Å². The van der Waals surface area contributed by atoms with Gasteiger partial charge < -0.3 is 14.3 Å². The highest BCUT2D eigenvalue weighted by molar-refractivity contribution is 5.73. The fourth-order valence-corrected chi connectivity index (χ4v) is 1.13. The Morgan fingerprint density at radius 2 is 2.07 bits per heavy atom. The molecule has 0 aliphatic carbocycles. The molecule has 0 heterocycles. The predicted octanol–water partition coefficient (Wildman–Crippen LogP) is 1.35. The number of ether oxygens (including phenoxy) is 2. The highest BCUT2D eigenvalue weighted by Gasteiger charge is 2.14. The third kappa shape index (κ3) is 7.88. The molecule has 4 heteroatoms. The van der Waals surface area contributed by atoms with Crippen LogP contribution in [0.5, 0.6) is 0 Å². The molecule has 0 saturated carbocycles. The molecular weight excluding hydrogens is 196 g/mol. The van der Waals surface area contributed by atoms with Crippen molar-refractivity contribution in [3.63, 3.8) is 0 Å². The van der Waals surface area contributed by atoms with Crippen molar-refractivity contribution >= 4 is 12.3 Å². The molecule has 0 bridgehead atoms. The van der Waals surface area contributed by atoms with Crippen LogP contribution in [0.2, 0.25) is 0 Å². The van der Waals surface area contributed by atoms with Crippen molar-refractivity contribution in [2.45, 2.75) is 19.8 Å². The Hall–Kier alpha value is -1.16. The highest BCUT2D eigenvalue weighted by Crippen LogP contribution is 2.12. The number of carbonyl (C=O) groups excluding carboxylic acids is 2. The summed E-state index contributed by atoms with van der Waals surface area (Å²) in [6.07, 6.45) is 1.41. The molecule has 4 nitrogen and oxygen atoms in total. The lowest BCUT2D eigenvalue weighted by molar-refractivity contribution is -0.146. The summed E-state index contributed by atoms with van der Waals surface area (Å²) in [5.41, 5.74) is 0.886. The molecule has 0 aliphatic rings. The third-order valence-corrected chi connectivity index (χ3v) is 1.78. The molecule has 0 spiro atoms. The number of rotatable bonds is 8. The van der Waals surface area contributed by atoms with Gasteiger partial charge in [-0.1, -0.05) is 5.57 Å². The Kier molecular flexibility index (Phi) is 7.54. The Bertz CT molecular complexity index is 223. The lowest BCUT2D eigenvalue weighted by atomic mass is 9.99. The van der Waals surface area contributed by atoms with Crippen molar-refractivity contribution in [1.29, 1.82) is 0 Å². The standard InChI is InChI=1S/C11H18O4/c1-9(2)6-10(8-12)7-11(13)15-5-4-14-3/h8,10H,1,4-7H2,2-3H3. The number of hydrogen-bond donors (Lipinski definition) is 0. The number of aldehydes is 1. The van der Waals surface area contributed by atoms with Crippen molar-refractivity contribution < 1.29 is 19.1 Å². The largest absolute Gasteiger partial charge is 0.463 e. The van der Waals surface area contributed by atoms with E-state index in [2.05, 4.69) is 6.58 Å². The first-order valence-corrected chi connectivity index (χ1v) is 4.84. The SMILES string of the molecule is C=C(C)CC(C=O)CC(=O)OCCOC. The molecule has 86 valence electrons. The van der Waals surface area contributed by atoms with Gasteiger partial charge in [0.25, 0.3) is 0 Å². The maximum atomic E-state index is 11.2. The fourth-order valence-electron chi connectivity index (χ4n) is 1.13. The van der Waals surface area contributed by atoms with E-state index in [1.54, 1.807) is 0 Å². The normalized spacial score (nSPS) is 11.9. The van der Waals surface area contributed by atoms with Gasteiger partial charge in [0.1, 0.15) is 12.9 Å². The second kappa shape index (κ2) is 8.17. The average Bonchev–Trinajstić information content (AvgIpc) is 2.16. The van der Waals surface area contributed by atoms with E-state index in [1.165, 1.54) is 7.11 Å². The molecule has 0 aromatic carbocycles. The number of methoxy groups -OCH3 is 1. The van der Waals surface area contributed by atoms with E-state index >= 15 is 0 Å². The summed E-state index contributed by atoms with van der Waals surface area (Å²) < 4.78 is 9.57. The van der Waals surface area contributed by atoms with Crippen LogP contribution in [-0.2, 0) is 19.1 Å². The summed E-state index contributed by atoms with van der Waals surface area (Å²) in [5, 5.41) is 0. The summed E-state index contributed by atoms with van der Waals surface area (Å²) in [4.78, 5) is 21.8. The summed E-state index contributed by atoms with van der Waals surface area (Å²) in [5.74, 6) is -0.692. The maximum Gasteiger partial charge on any atom is 0.306 e. The molecule has 0 aromatic heterocycles. The molecule has 0 amide bonds. The number of hydrogen-bond acceptors (Lipinski definition) is 4. The monoisotopic (exact) mass is 214 g/mol. The molecule has 15 heavy (non-hydrogen) atoms. The minimum atomic E-state index is -0.370. The number of carbonyl (C=O) groups is 2. The average molecular weight is 214 g/mol. The number of allylic oxidation sites excluding steroid dienone is 1. The van der Waals surface area contributed by atoms with Crippen LogP contribution in [0, 0.1) is 5.92 Å². The summed E-state index contributed by atoms with van der Waals surface area (Å²) in [6.45, 7) is 6.12. The van der Waals surface area contributed by atoms with Crippen LogP contribution < -0.4 is 0 Å². The second-order valence-corrected chi connectivity index (χ2v) is 3.47. The van der Waals surface area contributed by atoms with Gasteiger partial charge in [-0.25, -0.2) is 0 Å². The lowest BCUT2D eigenvalue weighted by Gasteiger charge is -2.09. The molecule has 1 unspecified atom stereocenters. The lowest BCUT2D eigenvalue weighted by Crippen LogP contribution is -2.15. The molecule has 0 aliphatic heterocycles. The molecule has 0 fully saturated rings.